The van der Waals surface area contributed by atoms with Gasteiger partial charge in [-0.2, -0.15) is 0 Å². The quantitative estimate of drug-likeness (QED) is 0.664. The summed E-state index contributed by atoms with van der Waals surface area (Å²) in [6.45, 7) is 4.66. The van der Waals surface area contributed by atoms with Crippen LogP contribution < -0.4 is 16.4 Å². The third kappa shape index (κ3) is 5.83. The molecule has 0 spiro atoms. The molecule has 25 heavy (non-hydrogen) atoms. The van der Waals surface area contributed by atoms with Gasteiger partial charge in [0.2, 0.25) is 5.91 Å². The molecule has 132 valence electrons. The molecule has 2 aromatic carbocycles. The predicted octanol–water partition coefficient (Wildman–Crippen LogP) is 3.36. The predicted molar refractivity (Wildman–Crippen MR) is 103 cm³/mol. The molecule has 5 nitrogen and oxygen atoms in total. The van der Waals surface area contributed by atoms with Gasteiger partial charge in [0.25, 0.3) is 0 Å². The number of urea groups is 1. The molecule has 0 bridgehead atoms. The van der Waals surface area contributed by atoms with E-state index in [9.17, 15) is 9.59 Å². The number of nitrogens with two attached hydrogens (primary N) is 1. The van der Waals surface area contributed by atoms with Gasteiger partial charge in [0.1, 0.15) is 0 Å². The van der Waals surface area contributed by atoms with E-state index in [0.717, 1.165) is 10.5 Å². The standard InChI is InChI=1S/C19H23N3O2S/c1-19(2,14-8-4-3-5-9-14)13-21-18(24)22-15-10-6-7-11-16(15)25-12-17(20)23/h3-11H,12-13H2,1-2H3,(H2,20,23)(H2,21,22,24). The van der Waals surface area contributed by atoms with Crippen LogP contribution in [0.5, 0.6) is 0 Å². The molecule has 0 unspecified atom stereocenters. The number of amides is 3. The Kier molecular flexibility index (Phi) is 6.47. The molecule has 0 aromatic heterocycles. The lowest BCUT2D eigenvalue weighted by Crippen LogP contribution is -2.39. The smallest absolute Gasteiger partial charge is 0.319 e. The van der Waals surface area contributed by atoms with E-state index in [1.807, 2.05) is 36.4 Å². The van der Waals surface area contributed by atoms with Crippen molar-refractivity contribution in [3.8, 4) is 0 Å². The van der Waals surface area contributed by atoms with Crippen molar-refractivity contribution in [1.29, 1.82) is 0 Å². The first-order valence-corrected chi connectivity index (χ1v) is 8.97. The lowest BCUT2D eigenvalue weighted by Gasteiger charge is -2.25. The zero-order valence-electron chi connectivity index (χ0n) is 14.4. The van der Waals surface area contributed by atoms with Gasteiger partial charge in [-0.05, 0) is 17.7 Å². The van der Waals surface area contributed by atoms with E-state index in [1.165, 1.54) is 11.8 Å². The van der Waals surface area contributed by atoms with E-state index in [2.05, 4.69) is 36.6 Å². The van der Waals surface area contributed by atoms with Crippen molar-refractivity contribution in [2.24, 2.45) is 5.73 Å². The maximum absolute atomic E-state index is 12.3. The van der Waals surface area contributed by atoms with Gasteiger partial charge in [-0.25, -0.2) is 4.79 Å². The topological polar surface area (TPSA) is 84.2 Å². The van der Waals surface area contributed by atoms with Crippen LogP contribution in [-0.2, 0) is 10.2 Å². The Morgan fingerprint density at radius 1 is 1.04 bits per heavy atom. The van der Waals surface area contributed by atoms with Crippen LogP contribution in [0.15, 0.2) is 59.5 Å². The monoisotopic (exact) mass is 357 g/mol. The van der Waals surface area contributed by atoms with Crippen molar-refractivity contribution < 1.29 is 9.59 Å². The summed E-state index contributed by atoms with van der Waals surface area (Å²) in [5.74, 6) is -0.227. The second-order valence-electron chi connectivity index (χ2n) is 6.31. The second-order valence-corrected chi connectivity index (χ2v) is 7.33. The summed E-state index contributed by atoms with van der Waals surface area (Å²) < 4.78 is 0. The Bertz CT molecular complexity index is 732. The first-order valence-electron chi connectivity index (χ1n) is 7.99. The molecule has 0 fully saturated rings. The highest BCUT2D eigenvalue weighted by molar-refractivity contribution is 8.00. The van der Waals surface area contributed by atoms with Crippen molar-refractivity contribution >= 4 is 29.4 Å². The molecule has 4 N–H and O–H groups in total. The Balaban J connectivity index is 1.95. The maximum Gasteiger partial charge on any atom is 0.319 e. The van der Waals surface area contributed by atoms with Crippen molar-refractivity contribution in [1.82, 2.24) is 5.32 Å². The Hall–Kier alpha value is -2.47. The summed E-state index contributed by atoms with van der Waals surface area (Å²) in [7, 11) is 0. The van der Waals surface area contributed by atoms with Crippen LogP contribution in [0.1, 0.15) is 19.4 Å². The minimum absolute atomic E-state index is 0.168. The van der Waals surface area contributed by atoms with E-state index in [-0.39, 0.29) is 17.2 Å². The number of carbonyl (C=O) groups is 2. The molecule has 6 heteroatoms. The van der Waals surface area contributed by atoms with Gasteiger partial charge in [-0.15, -0.1) is 11.8 Å². The highest BCUT2D eigenvalue weighted by atomic mass is 32.2. The summed E-state index contributed by atoms with van der Waals surface area (Å²) in [6.07, 6.45) is 0. The Morgan fingerprint density at radius 2 is 1.68 bits per heavy atom. The largest absolute Gasteiger partial charge is 0.369 e. The number of carbonyl (C=O) groups excluding carboxylic acids is 2. The first-order chi connectivity index (χ1) is 11.9. The van der Waals surface area contributed by atoms with Crippen LogP contribution in [-0.4, -0.2) is 24.2 Å². The average molecular weight is 357 g/mol. The Labute approximate surface area is 152 Å². The lowest BCUT2D eigenvalue weighted by atomic mass is 9.85. The summed E-state index contributed by atoms with van der Waals surface area (Å²) in [5, 5.41) is 5.75. The molecular weight excluding hydrogens is 334 g/mol. The van der Waals surface area contributed by atoms with Crippen LogP contribution in [0.4, 0.5) is 10.5 Å². The maximum atomic E-state index is 12.3. The number of para-hydroxylation sites is 1. The van der Waals surface area contributed by atoms with Crippen molar-refractivity contribution in [2.75, 3.05) is 17.6 Å². The molecule has 0 atom stereocenters. The highest BCUT2D eigenvalue weighted by Crippen LogP contribution is 2.27. The zero-order chi connectivity index (χ0) is 18.3. The SMILES string of the molecule is CC(C)(CNC(=O)Nc1ccccc1SCC(N)=O)c1ccccc1. The zero-order valence-corrected chi connectivity index (χ0v) is 15.2. The first kappa shape index (κ1) is 18.9. The van der Waals surface area contributed by atoms with Crippen LogP contribution >= 0.6 is 11.8 Å². The number of benzene rings is 2. The molecule has 0 radical (unpaired) electrons. The summed E-state index contributed by atoms with van der Waals surface area (Å²) in [6, 6.07) is 17.1. The van der Waals surface area contributed by atoms with E-state index >= 15 is 0 Å². The Morgan fingerprint density at radius 3 is 2.36 bits per heavy atom. The third-order valence-electron chi connectivity index (χ3n) is 3.75. The second kappa shape index (κ2) is 8.58. The van der Waals surface area contributed by atoms with E-state index in [0.29, 0.717) is 12.2 Å². The van der Waals surface area contributed by atoms with Gasteiger partial charge in [0.05, 0.1) is 11.4 Å². The number of nitrogens with one attached hydrogen (secondary N) is 2. The van der Waals surface area contributed by atoms with Gasteiger partial charge in [0, 0.05) is 16.9 Å². The van der Waals surface area contributed by atoms with Gasteiger partial charge in [0.15, 0.2) is 0 Å². The van der Waals surface area contributed by atoms with E-state index < -0.39 is 5.91 Å². The number of rotatable bonds is 7. The molecule has 2 aromatic rings. The van der Waals surface area contributed by atoms with E-state index in [1.54, 1.807) is 6.07 Å². The summed E-state index contributed by atoms with van der Waals surface area (Å²) in [5.41, 5.74) is 6.82. The van der Waals surface area contributed by atoms with Gasteiger partial charge in [-0.3, -0.25) is 4.79 Å². The van der Waals surface area contributed by atoms with Crippen LogP contribution in [0.2, 0.25) is 0 Å². The molecule has 2 rings (SSSR count). The van der Waals surface area contributed by atoms with Crippen molar-refractivity contribution in [3.05, 3.63) is 60.2 Å². The molecule has 0 saturated carbocycles. The average Bonchev–Trinajstić information content (AvgIpc) is 2.60. The number of hydrogen-bond donors (Lipinski definition) is 3. The number of hydrogen-bond acceptors (Lipinski definition) is 3. The van der Waals surface area contributed by atoms with Crippen molar-refractivity contribution in [3.63, 3.8) is 0 Å². The molecule has 0 aliphatic heterocycles. The fourth-order valence-corrected chi connectivity index (χ4v) is 3.05. The lowest BCUT2D eigenvalue weighted by molar-refractivity contribution is -0.115. The fourth-order valence-electron chi connectivity index (χ4n) is 2.30. The number of thioether (sulfide) groups is 1. The van der Waals surface area contributed by atoms with Crippen molar-refractivity contribution in [2.45, 2.75) is 24.2 Å². The normalized spacial score (nSPS) is 11.0. The third-order valence-corrected chi connectivity index (χ3v) is 4.85. The number of primary amides is 1. The molecule has 0 aliphatic rings. The molecule has 0 saturated heterocycles. The minimum atomic E-state index is -0.395. The number of anilines is 1. The van der Waals surface area contributed by atoms with Crippen LogP contribution in [0.3, 0.4) is 0 Å². The van der Waals surface area contributed by atoms with Gasteiger partial charge in [-0.1, -0.05) is 56.3 Å². The minimum Gasteiger partial charge on any atom is -0.369 e. The summed E-state index contributed by atoms with van der Waals surface area (Å²) in [4.78, 5) is 24.0. The van der Waals surface area contributed by atoms with Crippen LogP contribution in [0, 0.1) is 0 Å². The summed E-state index contributed by atoms with van der Waals surface area (Å²) >= 11 is 1.30. The molecule has 3 amide bonds. The van der Waals surface area contributed by atoms with Gasteiger partial charge < -0.3 is 16.4 Å². The molecule has 0 heterocycles. The molecular formula is C19H23N3O2S. The van der Waals surface area contributed by atoms with E-state index in [4.69, 9.17) is 5.73 Å². The molecule has 0 aliphatic carbocycles. The fraction of sp³-hybridized carbons (Fsp3) is 0.263. The van der Waals surface area contributed by atoms with Crippen LogP contribution in [0.25, 0.3) is 0 Å². The highest BCUT2D eigenvalue weighted by Gasteiger charge is 2.21. The van der Waals surface area contributed by atoms with Gasteiger partial charge >= 0.3 is 6.03 Å².